The van der Waals surface area contributed by atoms with Crippen molar-refractivity contribution < 1.29 is 24.2 Å². The molecule has 0 aromatic heterocycles. The van der Waals surface area contributed by atoms with Gasteiger partial charge in [-0.1, -0.05) is 23.3 Å². The molecule has 0 heterocycles. The Morgan fingerprint density at radius 2 is 1.65 bits per heavy atom. The molecule has 0 aliphatic carbocycles. The molecule has 0 bridgehead atoms. The Bertz CT molecular complexity index is 470. The van der Waals surface area contributed by atoms with Crippen molar-refractivity contribution in [3.8, 4) is 0 Å². The molecule has 0 aliphatic rings. The summed E-state index contributed by atoms with van der Waals surface area (Å²) in [7, 11) is 0. The van der Waals surface area contributed by atoms with E-state index in [9.17, 15) is 14.4 Å². The molecule has 23 heavy (non-hydrogen) atoms. The fraction of sp³-hybridized carbons (Fsp3) is 0.611. The second kappa shape index (κ2) is 11.6. The zero-order valence-electron chi connectivity index (χ0n) is 14.6. The van der Waals surface area contributed by atoms with Gasteiger partial charge in [0.2, 0.25) is 0 Å². The summed E-state index contributed by atoms with van der Waals surface area (Å²) in [4.78, 5) is 34.6. The monoisotopic (exact) mass is 324 g/mol. The van der Waals surface area contributed by atoms with E-state index in [2.05, 4.69) is 19.9 Å². The van der Waals surface area contributed by atoms with Crippen molar-refractivity contribution >= 4 is 17.7 Å². The van der Waals surface area contributed by atoms with Crippen molar-refractivity contribution in [2.45, 2.75) is 59.8 Å². The summed E-state index contributed by atoms with van der Waals surface area (Å²) in [6.45, 7) is 7.86. The van der Waals surface area contributed by atoms with Gasteiger partial charge in [-0.3, -0.25) is 14.4 Å². The van der Waals surface area contributed by atoms with Crippen LogP contribution in [0, 0.1) is 5.92 Å². The van der Waals surface area contributed by atoms with E-state index in [0.29, 0.717) is 6.42 Å². The highest BCUT2D eigenvalue weighted by atomic mass is 16.5. The number of allylic oxidation sites excluding steroid dienone is 4. The Hall–Kier alpha value is -1.91. The van der Waals surface area contributed by atoms with E-state index >= 15 is 0 Å². The van der Waals surface area contributed by atoms with E-state index in [4.69, 9.17) is 9.84 Å². The molecular weight excluding hydrogens is 296 g/mol. The van der Waals surface area contributed by atoms with E-state index in [1.807, 2.05) is 13.0 Å². The summed E-state index contributed by atoms with van der Waals surface area (Å²) in [5, 5.41) is 8.83. The number of carbonyl (C=O) groups excluding carboxylic acids is 2. The molecule has 130 valence electrons. The molecule has 5 heteroatoms. The first kappa shape index (κ1) is 21.1. The van der Waals surface area contributed by atoms with Crippen molar-refractivity contribution in [2.24, 2.45) is 5.92 Å². The third kappa shape index (κ3) is 10.4. The standard InChI is InChI=1S/C18H28O5/c1-5-23-18(22)15(12-17(20)21)16(19)11-7-10-14(4)9-6-8-13(2)3/h8,10,15H,5-7,9,11-12H2,1-4H3,(H,20,21)/b14-10+. The molecule has 0 amide bonds. The lowest BCUT2D eigenvalue weighted by molar-refractivity contribution is -0.156. The Balaban J connectivity index is 4.48. The Morgan fingerprint density at radius 3 is 2.17 bits per heavy atom. The van der Waals surface area contributed by atoms with E-state index in [0.717, 1.165) is 12.8 Å². The number of carboxylic acid groups (broad SMARTS) is 1. The minimum atomic E-state index is -1.20. The summed E-state index contributed by atoms with van der Waals surface area (Å²) in [6.07, 6.45) is 6.16. The molecular formula is C18H28O5. The van der Waals surface area contributed by atoms with Crippen LogP contribution < -0.4 is 0 Å². The average Bonchev–Trinajstić information content (AvgIpc) is 2.44. The molecule has 0 saturated heterocycles. The first-order chi connectivity index (χ1) is 10.8. The molecule has 0 rings (SSSR count). The summed E-state index contributed by atoms with van der Waals surface area (Å²) in [5.74, 6) is -3.50. The van der Waals surface area contributed by atoms with Crippen LogP contribution in [-0.2, 0) is 19.1 Å². The zero-order chi connectivity index (χ0) is 17.8. The van der Waals surface area contributed by atoms with Gasteiger partial charge in [0, 0.05) is 6.42 Å². The second-order valence-corrected chi connectivity index (χ2v) is 5.78. The minimum absolute atomic E-state index is 0.131. The number of carboxylic acids is 1. The second-order valence-electron chi connectivity index (χ2n) is 5.78. The predicted octanol–water partition coefficient (Wildman–Crippen LogP) is 3.68. The summed E-state index contributed by atoms with van der Waals surface area (Å²) < 4.78 is 4.78. The maximum absolute atomic E-state index is 12.1. The van der Waals surface area contributed by atoms with Gasteiger partial charge in [-0.15, -0.1) is 0 Å². The van der Waals surface area contributed by atoms with Crippen LogP contribution in [-0.4, -0.2) is 29.4 Å². The number of ketones is 1. The van der Waals surface area contributed by atoms with Gasteiger partial charge in [-0.05, 0) is 47.0 Å². The number of ether oxygens (including phenoxy) is 1. The van der Waals surface area contributed by atoms with Crippen LogP contribution in [0.15, 0.2) is 23.3 Å². The fourth-order valence-electron chi connectivity index (χ4n) is 2.07. The van der Waals surface area contributed by atoms with Gasteiger partial charge in [0.15, 0.2) is 0 Å². The highest BCUT2D eigenvalue weighted by molar-refractivity contribution is 6.01. The molecule has 0 spiro atoms. The Labute approximate surface area is 138 Å². The fourth-order valence-corrected chi connectivity index (χ4v) is 2.07. The molecule has 5 nitrogen and oxygen atoms in total. The number of rotatable bonds is 11. The maximum atomic E-state index is 12.1. The first-order valence-corrected chi connectivity index (χ1v) is 7.98. The number of hydrogen-bond donors (Lipinski definition) is 1. The number of Topliss-reactive ketones (excluding diaryl/α,β-unsaturated/α-hetero) is 1. The number of aliphatic carboxylic acids is 1. The Kier molecular flexibility index (Phi) is 10.7. The highest BCUT2D eigenvalue weighted by Gasteiger charge is 2.29. The van der Waals surface area contributed by atoms with Crippen molar-refractivity contribution in [1.29, 1.82) is 0 Å². The third-order valence-corrected chi connectivity index (χ3v) is 3.31. The van der Waals surface area contributed by atoms with Gasteiger partial charge >= 0.3 is 11.9 Å². The van der Waals surface area contributed by atoms with E-state index in [-0.39, 0.29) is 18.8 Å². The van der Waals surface area contributed by atoms with Crippen LogP contribution in [0.25, 0.3) is 0 Å². The van der Waals surface area contributed by atoms with Crippen molar-refractivity contribution in [1.82, 2.24) is 0 Å². The van der Waals surface area contributed by atoms with Crippen LogP contribution >= 0.6 is 0 Å². The van der Waals surface area contributed by atoms with Crippen LogP contribution in [0.1, 0.15) is 59.8 Å². The van der Waals surface area contributed by atoms with Gasteiger partial charge in [-0.25, -0.2) is 0 Å². The van der Waals surface area contributed by atoms with Crippen molar-refractivity contribution in [3.63, 3.8) is 0 Å². The molecule has 0 saturated carbocycles. The third-order valence-electron chi connectivity index (χ3n) is 3.31. The molecule has 0 radical (unpaired) electrons. The normalized spacial score (nSPS) is 12.4. The first-order valence-electron chi connectivity index (χ1n) is 7.98. The van der Waals surface area contributed by atoms with Gasteiger partial charge < -0.3 is 9.84 Å². The largest absolute Gasteiger partial charge is 0.481 e. The quantitative estimate of drug-likeness (QED) is 0.356. The van der Waals surface area contributed by atoms with Crippen LogP contribution in [0.3, 0.4) is 0 Å². The molecule has 0 aliphatic heterocycles. The molecule has 0 fully saturated rings. The van der Waals surface area contributed by atoms with Gasteiger partial charge in [0.05, 0.1) is 13.0 Å². The minimum Gasteiger partial charge on any atom is -0.481 e. The van der Waals surface area contributed by atoms with Crippen LogP contribution in [0.2, 0.25) is 0 Å². The van der Waals surface area contributed by atoms with Gasteiger partial charge in [0.1, 0.15) is 11.7 Å². The van der Waals surface area contributed by atoms with Crippen molar-refractivity contribution in [2.75, 3.05) is 6.61 Å². The molecule has 0 aromatic rings. The SMILES string of the molecule is CCOC(=O)C(CC(=O)O)C(=O)CC/C=C(\C)CCC=C(C)C. The number of carbonyl (C=O) groups is 3. The lowest BCUT2D eigenvalue weighted by atomic mass is 9.96. The highest BCUT2D eigenvalue weighted by Crippen LogP contribution is 2.14. The van der Waals surface area contributed by atoms with E-state index < -0.39 is 24.3 Å². The lowest BCUT2D eigenvalue weighted by Crippen LogP contribution is -2.28. The van der Waals surface area contributed by atoms with Gasteiger partial charge in [-0.2, -0.15) is 0 Å². The summed E-state index contributed by atoms with van der Waals surface area (Å²) in [6, 6.07) is 0. The molecule has 1 unspecified atom stereocenters. The summed E-state index contributed by atoms with van der Waals surface area (Å²) >= 11 is 0. The number of hydrogen-bond acceptors (Lipinski definition) is 4. The lowest BCUT2D eigenvalue weighted by Gasteiger charge is -2.12. The molecule has 1 atom stereocenters. The molecule has 1 N–H and O–H groups in total. The maximum Gasteiger partial charge on any atom is 0.317 e. The van der Waals surface area contributed by atoms with Crippen molar-refractivity contribution in [3.05, 3.63) is 23.3 Å². The van der Waals surface area contributed by atoms with Gasteiger partial charge in [0.25, 0.3) is 0 Å². The average molecular weight is 324 g/mol. The van der Waals surface area contributed by atoms with E-state index in [1.165, 1.54) is 11.1 Å². The van der Waals surface area contributed by atoms with E-state index in [1.54, 1.807) is 6.92 Å². The Morgan fingerprint density at radius 1 is 1.04 bits per heavy atom. The number of esters is 1. The van der Waals surface area contributed by atoms with Crippen LogP contribution in [0.5, 0.6) is 0 Å². The summed E-state index contributed by atoms with van der Waals surface area (Å²) in [5.41, 5.74) is 2.46. The molecule has 0 aromatic carbocycles. The predicted molar refractivity (Wildman–Crippen MR) is 89.0 cm³/mol. The smallest absolute Gasteiger partial charge is 0.317 e. The topological polar surface area (TPSA) is 80.7 Å². The van der Waals surface area contributed by atoms with Crippen LogP contribution in [0.4, 0.5) is 0 Å². The zero-order valence-corrected chi connectivity index (χ0v) is 14.6.